The molecule has 0 saturated carbocycles. The molecule has 2 aromatic carbocycles. The van der Waals surface area contributed by atoms with E-state index < -0.39 is 0 Å². The second kappa shape index (κ2) is 5.19. The Bertz CT molecular complexity index is 632. The number of nitriles is 1. The van der Waals surface area contributed by atoms with Crippen molar-refractivity contribution >= 4 is 27.3 Å². The summed E-state index contributed by atoms with van der Waals surface area (Å²) in [5.74, 6) is -0.309. The van der Waals surface area contributed by atoms with Gasteiger partial charge in [-0.15, -0.1) is 0 Å². The van der Waals surface area contributed by atoms with Crippen molar-refractivity contribution in [3.8, 4) is 6.07 Å². The molecule has 90 valence electrons. The summed E-state index contributed by atoms with van der Waals surface area (Å²) in [6, 6.07) is 12.0. The lowest BCUT2D eigenvalue weighted by Crippen LogP contribution is -1.97. The fraction of sp³-hybridized carbons (Fsp3) is 0.0714. The van der Waals surface area contributed by atoms with Crippen LogP contribution in [0.3, 0.4) is 0 Å². The summed E-state index contributed by atoms with van der Waals surface area (Å²) >= 11 is 3.32. The van der Waals surface area contributed by atoms with Gasteiger partial charge in [0.05, 0.1) is 11.3 Å². The Morgan fingerprint density at radius 3 is 2.72 bits per heavy atom. The Morgan fingerprint density at radius 2 is 2.00 bits per heavy atom. The topological polar surface area (TPSA) is 35.8 Å². The van der Waals surface area contributed by atoms with Gasteiger partial charge in [0.2, 0.25) is 0 Å². The maximum absolute atomic E-state index is 13.2. The average molecular weight is 305 g/mol. The van der Waals surface area contributed by atoms with Gasteiger partial charge in [0.25, 0.3) is 0 Å². The summed E-state index contributed by atoms with van der Waals surface area (Å²) in [6.07, 6.45) is 0. The molecule has 0 amide bonds. The summed E-state index contributed by atoms with van der Waals surface area (Å²) in [6.45, 7) is 1.88. The quantitative estimate of drug-likeness (QED) is 0.886. The zero-order valence-electron chi connectivity index (χ0n) is 9.67. The van der Waals surface area contributed by atoms with Gasteiger partial charge in [-0.1, -0.05) is 12.1 Å². The maximum Gasteiger partial charge on any atom is 0.125 e. The van der Waals surface area contributed by atoms with E-state index in [0.29, 0.717) is 21.4 Å². The SMILES string of the molecule is Cc1ccc(F)cc1Nc1cccc(Br)c1C#N. The number of halogens is 2. The van der Waals surface area contributed by atoms with Crippen LogP contribution in [-0.4, -0.2) is 0 Å². The molecule has 0 fully saturated rings. The van der Waals surface area contributed by atoms with Gasteiger partial charge in [-0.3, -0.25) is 0 Å². The third kappa shape index (κ3) is 2.52. The molecule has 0 spiro atoms. The average Bonchev–Trinajstić information content (AvgIpc) is 2.34. The number of rotatable bonds is 2. The van der Waals surface area contributed by atoms with E-state index in [1.165, 1.54) is 12.1 Å². The highest BCUT2D eigenvalue weighted by molar-refractivity contribution is 9.10. The molecule has 1 N–H and O–H groups in total. The van der Waals surface area contributed by atoms with Gasteiger partial charge in [0, 0.05) is 10.2 Å². The molecule has 2 nitrogen and oxygen atoms in total. The van der Waals surface area contributed by atoms with E-state index in [0.717, 1.165) is 5.56 Å². The molecule has 18 heavy (non-hydrogen) atoms. The Hall–Kier alpha value is -1.86. The van der Waals surface area contributed by atoms with Crippen LogP contribution in [0.15, 0.2) is 40.9 Å². The zero-order chi connectivity index (χ0) is 13.1. The van der Waals surface area contributed by atoms with Gasteiger partial charge < -0.3 is 5.32 Å². The van der Waals surface area contributed by atoms with Crippen molar-refractivity contribution < 1.29 is 4.39 Å². The van der Waals surface area contributed by atoms with Gasteiger partial charge in [0.15, 0.2) is 0 Å². The van der Waals surface area contributed by atoms with E-state index in [-0.39, 0.29) is 5.82 Å². The van der Waals surface area contributed by atoms with Crippen LogP contribution in [0, 0.1) is 24.1 Å². The second-order valence-corrected chi connectivity index (χ2v) is 4.71. The Morgan fingerprint density at radius 1 is 1.22 bits per heavy atom. The zero-order valence-corrected chi connectivity index (χ0v) is 11.3. The fourth-order valence-corrected chi connectivity index (χ4v) is 2.07. The molecule has 0 aliphatic heterocycles. The minimum atomic E-state index is -0.309. The number of aryl methyl sites for hydroxylation is 1. The van der Waals surface area contributed by atoms with Crippen molar-refractivity contribution in [2.24, 2.45) is 0 Å². The fourth-order valence-electron chi connectivity index (χ4n) is 1.62. The first-order valence-electron chi connectivity index (χ1n) is 5.33. The number of hydrogen-bond donors (Lipinski definition) is 1. The third-order valence-corrected chi connectivity index (χ3v) is 3.26. The number of benzene rings is 2. The van der Waals surface area contributed by atoms with Crippen LogP contribution in [0.4, 0.5) is 15.8 Å². The molecule has 4 heteroatoms. The molecule has 0 aliphatic rings. The summed E-state index contributed by atoms with van der Waals surface area (Å²) in [5, 5.41) is 12.2. The van der Waals surface area contributed by atoms with Crippen LogP contribution in [0.5, 0.6) is 0 Å². The molecule has 0 aliphatic carbocycles. The maximum atomic E-state index is 13.2. The molecular weight excluding hydrogens is 295 g/mol. The van der Waals surface area contributed by atoms with E-state index in [4.69, 9.17) is 5.26 Å². The Balaban J connectivity index is 2.44. The van der Waals surface area contributed by atoms with E-state index in [1.54, 1.807) is 18.2 Å². The number of nitrogens with zero attached hydrogens (tertiary/aromatic N) is 1. The summed E-state index contributed by atoms with van der Waals surface area (Å²) in [4.78, 5) is 0. The molecule has 0 unspecified atom stereocenters. The smallest absolute Gasteiger partial charge is 0.125 e. The third-order valence-electron chi connectivity index (χ3n) is 2.59. The molecule has 0 atom stereocenters. The number of anilines is 2. The largest absolute Gasteiger partial charge is 0.354 e. The number of hydrogen-bond acceptors (Lipinski definition) is 2. The lowest BCUT2D eigenvalue weighted by molar-refractivity contribution is 0.628. The van der Waals surface area contributed by atoms with Gasteiger partial charge in [0.1, 0.15) is 11.9 Å². The van der Waals surface area contributed by atoms with E-state index in [1.807, 2.05) is 13.0 Å². The van der Waals surface area contributed by atoms with Crippen molar-refractivity contribution in [2.75, 3.05) is 5.32 Å². The molecule has 0 saturated heterocycles. The lowest BCUT2D eigenvalue weighted by Gasteiger charge is -2.11. The Labute approximate surface area is 113 Å². The predicted octanol–water partition coefficient (Wildman–Crippen LogP) is 4.51. The van der Waals surface area contributed by atoms with Crippen LogP contribution in [-0.2, 0) is 0 Å². The summed E-state index contributed by atoms with van der Waals surface area (Å²) < 4.78 is 13.9. The van der Waals surface area contributed by atoms with Crippen molar-refractivity contribution in [3.05, 3.63) is 57.8 Å². The lowest BCUT2D eigenvalue weighted by atomic mass is 10.1. The monoisotopic (exact) mass is 304 g/mol. The molecule has 0 bridgehead atoms. The first kappa shape index (κ1) is 12.6. The van der Waals surface area contributed by atoms with Crippen molar-refractivity contribution in [1.29, 1.82) is 5.26 Å². The highest BCUT2D eigenvalue weighted by Crippen LogP contribution is 2.28. The minimum Gasteiger partial charge on any atom is -0.354 e. The van der Waals surface area contributed by atoms with Crippen LogP contribution in [0.25, 0.3) is 0 Å². The first-order valence-corrected chi connectivity index (χ1v) is 6.13. The van der Waals surface area contributed by atoms with E-state index in [2.05, 4.69) is 27.3 Å². The van der Waals surface area contributed by atoms with Crippen LogP contribution < -0.4 is 5.32 Å². The van der Waals surface area contributed by atoms with Crippen LogP contribution in [0.2, 0.25) is 0 Å². The molecule has 2 aromatic rings. The van der Waals surface area contributed by atoms with E-state index >= 15 is 0 Å². The van der Waals surface area contributed by atoms with Crippen molar-refractivity contribution in [3.63, 3.8) is 0 Å². The molecule has 2 rings (SSSR count). The van der Waals surface area contributed by atoms with Gasteiger partial charge in [-0.2, -0.15) is 5.26 Å². The highest BCUT2D eigenvalue weighted by Gasteiger charge is 2.07. The molecule has 0 aromatic heterocycles. The highest BCUT2D eigenvalue weighted by atomic mass is 79.9. The van der Waals surface area contributed by atoms with Crippen LogP contribution >= 0.6 is 15.9 Å². The molecular formula is C14H10BrFN2. The molecule has 0 heterocycles. The summed E-state index contributed by atoms with van der Waals surface area (Å²) in [7, 11) is 0. The minimum absolute atomic E-state index is 0.309. The number of nitrogens with one attached hydrogen (secondary N) is 1. The Kier molecular flexibility index (Phi) is 3.63. The normalized spacial score (nSPS) is 9.89. The second-order valence-electron chi connectivity index (χ2n) is 3.86. The van der Waals surface area contributed by atoms with Gasteiger partial charge in [-0.25, -0.2) is 4.39 Å². The molecule has 0 radical (unpaired) electrons. The van der Waals surface area contributed by atoms with Crippen molar-refractivity contribution in [1.82, 2.24) is 0 Å². The van der Waals surface area contributed by atoms with E-state index in [9.17, 15) is 4.39 Å². The first-order chi connectivity index (χ1) is 8.61. The standard InChI is InChI=1S/C14H10BrFN2/c1-9-5-6-10(16)7-14(9)18-13-4-2-3-12(15)11(13)8-17/h2-7,18H,1H3. The van der Waals surface area contributed by atoms with Gasteiger partial charge >= 0.3 is 0 Å². The van der Waals surface area contributed by atoms with Gasteiger partial charge in [-0.05, 0) is 52.7 Å². The summed E-state index contributed by atoms with van der Waals surface area (Å²) in [5.41, 5.74) is 2.73. The predicted molar refractivity (Wildman–Crippen MR) is 73.3 cm³/mol. The van der Waals surface area contributed by atoms with Crippen molar-refractivity contribution in [2.45, 2.75) is 6.92 Å². The van der Waals surface area contributed by atoms with Crippen LogP contribution in [0.1, 0.15) is 11.1 Å².